The van der Waals surface area contributed by atoms with Gasteiger partial charge in [0.05, 0.1) is 12.0 Å². The van der Waals surface area contributed by atoms with Crippen LogP contribution < -0.4 is 5.32 Å². The van der Waals surface area contributed by atoms with E-state index in [0.717, 1.165) is 18.6 Å². The second-order valence-corrected chi connectivity index (χ2v) is 5.88. The Morgan fingerprint density at radius 2 is 2.30 bits per heavy atom. The molecule has 1 aromatic rings. The molecule has 0 unspecified atom stereocenters. The van der Waals surface area contributed by atoms with Crippen molar-refractivity contribution in [3.8, 4) is 0 Å². The maximum absolute atomic E-state index is 12.2. The Labute approximate surface area is 120 Å². The summed E-state index contributed by atoms with van der Waals surface area (Å²) in [6, 6.07) is 3.80. The largest absolute Gasteiger partial charge is 0.378 e. The van der Waals surface area contributed by atoms with E-state index in [1.54, 1.807) is 12.4 Å². The Morgan fingerprint density at radius 1 is 1.50 bits per heavy atom. The molecule has 0 saturated carbocycles. The Kier molecular flexibility index (Phi) is 5.12. The van der Waals surface area contributed by atoms with Gasteiger partial charge < -0.3 is 10.1 Å². The molecule has 0 aliphatic carbocycles. The van der Waals surface area contributed by atoms with Crippen LogP contribution in [0.4, 0.5) is 0 Å². The van der Waals surface area contributed by atoms with Crippen LogP contribution in [0.15, 0.2) is 24.5 Å². The van der Waals surface area contributed by atoms with Gasteiger partial charge in [-0.05, 0) is 30.9 Å². The normalized spacial score (nSPS) is 23.8. The van der Waals surface area contributed by atoms with Crippen molar-refractivity contribution < 1.29 is 9.53 Å². The second-order valence-electron chi connectivity index (χ2n) is 5.88. The van der Waals surface area contributed by atoms with E-state index >= 15 is 0 Å². The molecular weight excluding hydrogens is 252 g/mol. The van der Waals surface area contributed by atoms with Crippen molar-refractivity contribution >= 4 is 5.91 Å². The Hall–Kier alpha value is -1.42. The molecule has 1 saturated heterocycles. The minimum absolute atomic E-state index is 0.0624. The molecule has 4 nitrogen and oxygen atoms in total. The van der Waals surface area contributed by atoms with Crippen LogP contribution >= 0.6 is 0 Å². The number of amides is 1. The van der Waals surface area contributed by atoms with E-state index in [1.807, 2.05) is 19.1 Å². The van der Waals surface area contributed by atoms with Crippen molar-refractivity contribution in [3.63, 3.8) is 0 Å². The van der Waals surface area contributed by atoms with E-state index in [4.69, 9.17) is 4.74 Å². The van der Waals surface area contributed by atoms with Crippen LogP contribution in [0.3, 0.4) is 0 Å². The van der Waals surface area contributed by atoms with Crippen LogP contribution in [0.2, 0.25) is 0 Å². The summed E-state index contributed by atoms with van der Waals surface area (Å²) < 4.78 is 5.74. The van der Waals surface area contributed by atoms with Crippen LogP contribution in [0.5, 0.6) is 0 Å². The molecule has 1 N–H and O–H groups in total. The third-order valence-corrected chi connectivity index (χ3v) is 4.04. The van der Waals surface area contributed by atoms with Crippen LogP contribution in [-0.2, 0) is 9.53 Å². The Balaban J connectivity index is 1.86. The van der Waals surface area contributed by atoms with Crippen LogP contribution in [0, 0.1) is 11.8 Å². The molecule has 110 valence electrons. The highest BCUT2D eigenvalue weighted by Gasteiger charge is 2.31. The molecule has 3 atom stereocenters. The maximum atomic E-state index is 12.2. The lowest BCUT2D eigenvalue weighted by molar-refractivity contribution is -0.122. The second kappa shape index (κ2) is 6.84. The number of carbonyl (C=O) groups excluding carboxylic acids is 1. The molecule has 1 aliphatic heterocycles. The molecule has 2 heterocycles. The van der Waals surface area contributed by atoms with Gasteiger partial charge in [-0.3, -0.25) is 9.78 Å². The standard InChI is InChI=1S/C16H24N2O2/c1-11(2)15-14(6-8-20-15)10-18-16(19)12(3)13-5-4-7-17-9-13/h4-5,7,9,11-12,14-15H,6,8,10H2,1-3H3,(H,18,19)/t12-,14-,15-/m1/s1. The SMILES string of the molecule is CC(C)[C@H]1OCC[C@@H]1CNC(=O)[C@H](C)c1cccnc1. The third kappa shape index (κ3) is 3.57. The van der Waals surface area contributed by atoms with Crippen molar-refractivity contribution in [2.75, 3.05) is 13.2 Å². The van der Waals surface area contributed by atoms with Crippen molar-refractivity contribution in [2.45, 2.75) is 39.2 Å². The number of nitrogens with zero attached hydrogens (tertiary/aromatic N) is 1. The minimum atomic E-state index is -0.163. The van der Waals surface area contributed by atoms with Gasteiger partial charge >= 0.3 is 0 Å². The zero-order valence-electron chi connectivity index (χ0n) is 12.5. The van der Waals surface area contributed by atoms with Gasteiger partial charge in [-0.15, -0.1) is 0 Å². The van der Waals surface area contributed by atoms with E-state index in [9.17, 15) is 4.79 Å². The minimum Gasteiger partial charge on any atom is -0.378 e. The topological polar surface area (TPSA) is 51.2 Å². The highest BCUT2D eigenvalue weighted by Crippen LogP contribution is 2.26. The van der Waals surface area contributed by atoms with E-state index in [-0.39, 0.29) is 17.9 Å². The zero-order chi connectivity index (χ0) is 14.5. The Morgan fingerprint density at radius 3 is 2.95 bits per heavy atom. The summed E-state index contributed by atoms with van der Waals surface area (Å²) >= 11 is 0. The summed E-state index contributed by atoms with van der Waals surface area (Å²) in [6.07, 6.45) is 4.77. The number of aromatic nitrogens is 1. The lowest BCUT2D eigenvalue weighted by Gasteiger charge is -2.23. The van der Waals surface area contributed by atoms with Crippen LogP contribution in [0.1, 0.15) is 38.7 Å². The third-order valence-electron chi connectivity index (χ3n) is 4.04. The summed E-state index contributed by atoms with van der Waals surface area (Å²) in [4.78, 5) is 16.3. The average molecular weight is 276 g/mol. The van der Waals surface area contributed by atoms with E-state index in [1.165, 1.54) is 0 Å². The van der Waals surface area contributed by atoms with Gasteiger partial charge in [0.25, 0.3) is 0 Å². The monoisotopic (exact) mass is 276 g/mol. The number of rotatable bonds is 5. The first-order chi connectivity index (χ1) is 9.59. The lowest BCUT2D eigenvalue weighted by Crippen LogP contribution is -2.36. The first-order valence-corrected chi connectivity index (χ1v) is 7.39. The predicted octanol–water partition coefficient (Wildman–Crippen LogP) is 2.36. The number of ether oxygens (including phenoxy) is 1. The molecule has 0 aromatic carbocycles. The van der Waals surface area contributed by atoms with Crippen LogP contribution in [0.25, 0.3) is 0 Å². The quantitative estimate of drug-likeness (QED) is 0.898. The Bertz CT molecular complexity index is 433. The average Bonchev–Trinajstić information content (AvgIpc) is 2.93. The van der Waals surface area contributed by atoms with Crippen LogP contribution in [-0.4, -0.2) is 30.1 Å². The zero-order valence-corrected chi connectivity index (χ0v) is 12.5. The van der Waals surface area contributed by atoms with Gasteiger partial charge in [-0.2, -0.15) is 0 Å². The molecule has 1 fully saturated rings. The number of hydrogen-bond acceptors (Lipinski definition) is 3. The molecule has 20 heavy (non-hydrogen) atoms. The van der Waals surface area contributed by atoms with Gasteiger partial charge in [0.2, 0.25) is 5.91 Å². The number of carbonyl (C=O) groups is 1. The molecule has 1 aliphatic rings. The van der Waals surface area contributed by atoms with Gasteiger partial charge in [0.15, 0.2) is 0 Å². The van der Waals surface area contributed by atoms with E-state index in [2.05, 4.69) is 24.1 Å². The van der Waals surface area contributed by atoms with E-state index in [0.29, 0.717) is 18.4 Å². The van der Waals surface area contributed by atoms with Gasteiger partial charge in [0, 0.05) is 31.5 Å². The molecule has 0 radical (unpaired) electrons. The molecule has 1 aromatic heterocycles. The van der Waals surface area contributed by atoms with Crippen molar-refractivity contribution in [3.05, 3.63) is 30.1 Å². The first-order valence-electron chi connectivity index (χ1n) is 7.39. The fourth-order valence-corrected chi connectivity index (χ4v) is 2.78. The van der Waals surface area contributed by atoms with Gasteiger partial charge in [-0.1, -0.05) is 19.9 Å². The highest BCUT2D eigenvalue weighted by atomic mass is 16.5. The number of pyridine rings is 1. The van der Waals surface area contributed by atoms with Gasteiger partial charge in [-0.25, -0.2) is 0 Å². The maximum Gasteiger partial charge on any atom is 0.227 e. The smallest absolute Gasteiger partial charge is 0.227 e. The fraction of sp³-hybridized carbons (Fsp3) is 0.625. The van der Waals surface area contributed by atoms with Crippen molar-refractivity contribution in [1.29, 1.82) is 0 Å². The molecule has 1 amide bonds. The summed E-state index contributed by atoms with van der Waals surface area (Å²) in [5, 5.41) is 3.06. The molecule has 0 bridgehead atoms. The molecule has 4 heteroatoms. The summed E-state index contributed by atoms with van der Waals surface area (Å²) in [5.74, 6) is 0.825. The molecule has 0 spiro atoms. The van der Waals surface area contributed by atoms with Crippen molar-refractivity contribution in [2.24, 2.45) is 11.8 Å². The molecule has 2 rings (SSSR count). The number of nitrogens with one attached hydrogen (secondary N) is 1. The molecular formula is C16H24N2O2. The van der Waals surface area contributed by atoms with E-state index < -0.39 is 0 Å². The number of hydrogen-bond donors (Lipinski definition) is 1. The summed E-state index contributed by atoms with van der Waals surface area (Å²) in [5.41, 5.74) is 0.952. The summed E-state index contributed by atoms with van der Waals surface area (Å²) in [6.45, 7) is 7.76. The summed E-state index contributed by atoms with van der Waals surface area (Å²) in [7, 11) is 0. The predicted molar refractivity (Wildman–Crippen MR) is 78.3 cm³/mol. The first kappa shape index (κ1) is 15.0. The fourth-order valence-electron chi connectivity index (χ4n) is 2.78. The lowest BCUT2D eigenvalue weighted by atomic mass is 9.92. The van der Waals surface area contributed by atoms with Crippen molar-refractivity contribution in [1.82, 2.24) is 10.3 Å². The highest BCUT2D eigenvalue weighted by molar-refractivity contribution is 5.83. The van der Waals surface area contributed by atoms with Gasteiger partial charge in [0.1, 0.15) is 0 Å².